The Labute approximate surface area is 164 Å². The highest BCUT2D eigenvalue weighted by molar-refractivity contribution is 7.99. The van der Waals surface area contributed by atoms with Gasteiger partial charge in [0.15, 0.2) is 6.61 Å². The van der Waals surface area contributed by atoms with Crippen LogP contribution < -0.4 is 10.9 Å². The molecule has 0 spiro atoms. The predicted molar refractivity (Wildman–Crippen MR) is 101 cm³/mol. The monoisotopic (exact) mass is 405 g/mol. The van der Waals surface area contributed by atoms with Crippen LogP contribution in [0.3, 0.4) is 0 Å². The third kappa shape index (κ3) is 6.16. The van der Waals surface area contributed by atoms with E-state index < -0.39 is 18.5 Å². The number of aryl methyl sites for hydroxylation is 1. The van der Waals surface area contributed by atoms with E-state index in [9.17, 15) is 14.4 Å². The van der Waals surface area contributed by atoms with Gasteiger partial charge in [-0.05, 0) is 24.1 Å². The van der Waals surface area contributed by atoms with Gasteiger partial charge < -0.3 is 15.0 Å². The number of carbonyl (C=O) groups excluding carboxylic acids is 2. The van der Waals surface area contributed by atoms with Crippen molar-refractivity contribution in [3.8, 4) is 6.07 Å². The van der Waals surface area contributed by atoms with Crippen molar-refractivity contribution in [2.24, 2.45) is 0 Å². The molecule has 2 N–H and O–H groups in total. The van der Waals surface area contributed by atoms with Crippen LogP contribution >= 0.6 is 23.4 Å². The van der Waals surface area contributed by atoms with Crippen LogP contribution in [0, 0.1) is 18.3 Å². The third-order valence-corrected chi connectivity index (χ3v) is 4.79. The van der Waals surface area contributed by atoms with Gasteiger partial charge in [0, 0.05) is 17.6 Å². The van der Waals surface area contributed by atoms with Crippen molar-refractivity contribution in [2.75, 3.05) is 12.4 Å². The van der Waals surface area contributed by atoms with E-state index in [-0.39, 0.29) is 17.9 Å². The number of esters is 1. The van der Waals surface area contributed by atoms with E-state index in [0.717, 1.165) is 17.3 Å². The Kier molecular flexibility index (Phi) is 7.46. The first-order valence-electron chi connectivity index (χ1n) is 7.83. The standard InChI is InChI=1S/C18H16ClN3O4S/c1-11-6-15(23)22-18(13(11)7-20)27-10-17(25)26-9-16(24)21-8-12-4-2-3-5-14(12)19/h2-6H,8-10H2,1H3,(H,21,24)(H,22,23). The lowest BCUT2D eigenvalue weighted by Crippen LogP contribution is -2.28. The Morgan fingerprint density at radius 1 is 1.37 bits per heavy atom. The topological polar surface area (TPSA) is 112 Å². The number of aromatic nitrogens is 1. The van der Waals surface area contributed by atoms with Crippen LogP contribution in [0.25, 0.3) is 0 Å². The molecule has 0 saturated carbocycles. The second-order valence-electron chi connectivity index (χ2n) is 5.45. The van der Waals surface area contributed by atoms with Crippen molar-refractivity contribution < 1.29 is 14.3 Å². The first kappa shape index (κ1) is 20.6. The SMILES string of the molecule is Cc1cc(=O)[nH]c(SCC(=O)OCC(=O)NCc2ccccc2Cl)c1C#N. The van der Waals surface area contributed by atoms with Gasteiger partial charge in [-0.15, -0.1) is 0 Å². The summed E-state index contributed by atoms with van der Waals surface area (Å²) in [5.41, 5.74) is 1.21. The number of hydrogen-bond acceptors (Lipinski definition) is 6. The Morgan fingerprint density at radius 3 is 2.81 bits per heavy atom. The Hall–Kier alpha value is -2.76. The number of H-pyrrole nitrogens is 1. The molecule has 0 fully saturated rings. The molecule has 27 heavy (non-hydrogen) atoms. The highest BCUT2D eigenvalue weighted by Gasteiger charge is 2.13. The van der Waals surface area contributed by atoms with E-state index in [1.807, 2.05) is 6.07 Å². The number of ether oxygens (including phenoxy) is 1. The van der Waals surface area contributed by atoms with Gasteiger partial charge in [0.05, 0.1) is 16.3 Å². The smallest absolute Gasteiger partial charge is 0.316 e. The van der Waals surface area contributed by atoms with Crippen LogP contribution in [0.1, 0.15) is 16.7 Å². The Morgan fingerprint density at radius 2 is 2.11 bits per heavy atom. The molecule has 7 nitrogen and oxygen atoms in total. The number of nitrogens with one attached hydrogen (secondary N) is 2. The molecule has 2 rings (SSSR count). The fourth-order valence-electron chi connectivity index (χ4n) is 2.11. The normalized spacial score (nSPS) is 10.1. The zero-order chi connectivity index (χ0) is 19.8. The molecule has 1 heterocycles. The molecule has 0 bridgehead atoms. The van der Waals surface area contributed by atoms with Crippen molar-refractivity contribution in [3.63, 3.8) is 0 Å². The molecular weight excluding hydrogens is 390 g/mol. The highest BCUT2D eigenvalue weighted by atomic mass is 35.5. The van der Waals surface area contributed by atoms with E-state index >= 15 is 0 Å². The maximum Gasteiger partial charge on any atom is 0.316 e. The fourth-order valence-corrected chi connectivity index (χ4v) is 3.18. The summed E-state index contributed by atoms with van der Waals surface area (Å²) in [6.45, 7) is 1.43. The molecule has 0 radical (unpaired) electrons. The summed E-state index contributed by atoms with van der Waals surface area (Å²) < 4.78 is 4.90. The molecule has 1 amide bonds. The van der Waals surface area contributed by atoms with Gasteiger partial charge in [0.1, 0.15) is 6.07 Å². The molecule has 0 unspecified atom stereocenters. The number of nitriles is 1. The average molecular weight is 406 g/mol. The van der Waals surface area contributed by atoms with Gasteiger partial charge >= 0.3 is 5.97 Å². The minimum Gasteiger partial charge on any atom is -0.455 e. The quantitative estimate of drug-likeness (QED) is 0.539. The average Bonchev–Trinajstić information content (AvgIpc) is 2.63. The number of benzene rings is 1. The highest BCUT2D eigenvalue weighted by Crippen LogP contribution is 2.20. The Bertz CT molecular complexity index is 952. The molecular formula is C18H16ClN3O4S. The fraction of sp³-hybridized carbons (Fsp3) is 0.222. The summed E-state index contributed by atoms with van der Waals surface area (Å²) in [5, 5.41) is 12.6. The molecule has 0 aliphatic rings. The maximum absolute atomic E-state index is 11.8. The van der Waals surface area contributed by atoms with Crippen LogP contribution in [0.2, 0.25) is 5.02 Å². The molecule has 9 heteroatoms. The molecule has 1 aromatic carbocycles. The van der Waals surface area contributed by atoms with Gasteiger partial charge in [-0.2, -0.15) is 5.26 Å². The zero-order valence-corrected chi connectivity index (χ0v) is 15.9. The number of rotatable bonds is 7. The molecule has 0 aliphatic heterocycles. The zero-order valence-electron chi connectivity index (χ0n) is 14.4. The lowest BCUT2D eigenvalue weighted by molar-refractivity contribution is -0.145. The summed E-state index contributed by atoms with van der Waals surface area (Å²) in [6.07, 6.45) is 0. The summed E-state index contributed by atoms with van der Waals surface area (Å²) >= 11 is 6.96. The number of thioether (sulfide) groups is 1. The van der Waals surface area contributed by atoms with Gasteiger partial charge in [-0.3, -0.25) is 14.4 Å². The van der Waals surface area contributed by atoms with Crippen LogP contribution in [0.4, 0.5) is 0 Å². The number of halogens is 1. The number of aromatic amines is 1. The number of carbonyl (C=O) groups is 2. The lowest BCUT2D eigenvalue weighted by Gasteiger charge is -2.08. The Balaban J connectivity index is 1.80. The maximum atomic E-state index is 11.8. The van der Waals surface area contributed by atoms with Crippen molar-refractivity contribution in [3.05, 3.63) is 62.4 Å². The van der Waals surface area contributed by atoms with Crippen LogP contribution in [0.15, 0.2) is 40.2 Å². The van der Waals surface area contributed by atoms with Gasteiger partial charge in [-0.1, -0.05) is 41.6 Å². The second kappa shape index (κ2) is 9.80. The molecule has 140 valence electrons. The van der Waals surface area contributed by atoms with E-state index in [1.165, 1.54) is 6.07 Å². The second-order valence-corrected chi connectivity index (χ2v) is 6.84. The number of nitrogens with zero attached hydrogens (tertiary/aromatic N) is 1. The summed E-state index contributed by atoms with van der Waals surface area (Å²) in [7, 11) is 0. The van der Waals surface area contributed by atoms with Crippen LogP contribution in [0.5, 0.6) is 0 Å². The van der Waals surface area contributed by atoms with Gasteiger partial charge in [0.25, 0.3) is 5.91 Å². The minimum absolute atomic E-state index is 0.147. The van der Waals surface area contributed by atoms with Crippen molar-refractivity contribution in [1.29, 1.82) is 5.26 Å². The van der Waals surface area contributed by atoms with Crippen LogP contribution in [-0.2, 0) is 20.9 Å². The molecule has 0 atom stereocenters. The summed E-state index contributed by atoms with van der Waals surface area (Å²) in [6, 6.07) is 10.4. The van der Waals surface area contributed by atoms with E-state index in [0.29, 0.717) is 21.2 Å². The number of hydrogen-bond donors (Lipinski definition) is 2. The van der Waals surface area contributed by atoms with Gasteiger partial charge in [0.2, 0.25) is 5.56 Å². The first-order chi connectivity index (χ1) is 12.9. The third-order valence-electron chi connectivity index (χ3n) is 3.45. The van der Waals surface area contributed by atoms with E-state index in [4.69, 9.17) is 21.6 Å². The molecule has 0 aliphatic carbocycles. The summed E-state index contributed by atoms with van der Waals surface area (Å²) in [4.78, 5) is 37.6. The van der Waals surface area contributed by atoms with Crippen molar-refractivity contribution in [2.45, 2.75) is 18.5 Å². The van der Waals surface area contributed by atoms with Gasteiger partial charge in [-0.25, -0.2) is 0 Å². The van der Waals surface area contributed by atoms with Crippen molar-refractivity contribution >= 4 is 35.2 Å². The molecule has 0 saturated heterocycles. The number of amides is 1. The lowest BCUT2D eigenvalue weighted by atomic mass is 10.2. The van der Waals surface area contributed by atoms with Crippen LogP contribution in [-0.4, -0.2) is 29.2 Å². The van der Waals surface area contributed by atoms with Crippen molar-refractivity contribution in [1.82, 2.24) is 10.3 Å². The largest absolute Gasteiger partial charge is 0.455 e. The number of pyridine rings is 1. The summed E-state index contributed by atoms with van der Waals surface area (Å²) in [5.74, 6) is -1.25. The predicted octanol–water partition coefficient (Wildman–Crippen LogP) is 2.16. The molecule has 2 aromatic rings. The molecule has 1 aromatic heterocycles. The minimum atomic E-state index is -0.640. The van der Waals surface area contributed by atoms with E-state index in [2.05, 4.69) is 10.3 Å². The van der Waals surface area contributed by atoms with E-state index in [1.54, 1.807) is 31.2 Å². The first-order valence-corrected chi connectivity index (χ1v) is 9.19.